The van der Waals surface area contributed by atoms with E-state index in [0.717, 1.165) is 16.9 Å². The Hall–Kier alpha value is -2.35. The zero-order chi connectivity index (χ0) is 12.4. The number of allylic oxidation sites excluding steroid dienone is 1. The molecule has 0 spiro atoms. The topological polar surface area (TPSA) is 17.8 Å². The summed E-state index contributed by atoms with van der Waals surface area (Å²) in [6, 6.07) is 18.5. The van der Waals surface area contributed by atoms with Crippen molar-refractivity contribution < 1.29 is 0 Å². The summed E-state index contributed by atoms with van der Waals surface area (Å²) in [6.45, 7) is 2.01. The van der Waals surface area contributed by atoms with Crippen molar-refractivity contribution in [2.45, 2.75) is 6.92 Å². The van der Waals surface area contributed by atoms with Gasteiger partial charge in [0.05, 0.1) is 16.9 Å². The van der Waals surface area contributed by atoms with Gasteiger partial charge in [-0.2, -0.15) is 5.10 Å². The maximum absolute atomic E-state index is 4.68. The van der Waals surface area contributed by atoms with Gasteiger partial charge in [-0.25, -0.2) is 4.68 Å². The Morgan fingerprint density at radius 2 is 1.67 bits per heavy atom. The third-order valence-electron chi connectivity index (χ3n) is 2.94. The second-order valence-corrected chi connectivity index (χ2v) is 4.15. The Morgan fingerprint density at radius 3 is 2.44 bits per heavy atom. The SMILES string of the molecule is CC=Cc1nn(-c2ccccc2)c2ccccc12. The number of benzene rings is 2. The number of rotatable bonds is 2. The average Bonchev–Trinajstić information content (AvgIpc) is 2.80. The van der Waals surface area contributed by atoms with Crippen molar-refractivity contribution in [1.82, 2.24) is 9.78 Å². The van der Waals surface area contributed by atoms with Crippen molar-refractivity contribution in [2.24, 2.45) is 0 Å². The van der Waals surface area contributed by atoms with E-state index in [0.29, 0.717) is 0 Å². The highest BCUT2D eigenvalue weighted by molar-refractivity contribution is 5.88. The third kappa shape index (κ3) is 1.72. The maximum Gasteiger partial charge on any atom is 0.0930 e. The van der Waals surface area contributed by atoms with Crippen LogP contribution in [-0.4, -0.2) is 9.78 Å². The van der Waals surface area contributed by atoms with Crippen molar-refractivity contribution in [3.63, 3.8) is 0 Å². The molecule has 1 aromatic heterocycles. The molecule has 0 saturated carbocycles. The highest BCUT2D eigenvalue weighted by Gasteiger charge is 2.08. The molecule has 2 heteroatoms. The molecule has 0 unspecified atom stereocenters. The van der Waals surface area contributed by atoms with Gasteiger partial charge in [0, 0.05) is 5.39 Å². The third-order valence-corrected chi connectivity index (χ3v) is 2.94. The molecule has 0 saturated heterocycles. The van der Waals surface area contributed by atoms with Gasteiger partial charge >= 0.3 is 0 Å². The van der Waals surface area contributed by atoms with Crippen molar-refractivity contribution in [2.75, 3.05) is 0 Å². The quantitative estimate of drug-likeness (QED) is 0.654. The standard InChI is InChI=1S/C16H14N2/c1-2-8-15-14-11-6-7-12-16(14)18(17-15)13-9-4-3-5-10-13/h2-12H,1H3. The van der Waals surface area contributed by atoms with Crippen LogP contribution in [-0.2, 0) is 0 Å². The Kier molecular flexibility index (Phi) is 2.69. The van der Waals surface area contributed by atoms with Crippen LogP contribution in [0.3, 0.4) is 0 Å². The van der Waals surface area contributed by atoms with Crippen LogP contribution in [0, 0.1) is 0 Å². The Labute approximate surface area is 106 Å². The summed E-state index contributed by atoms with van der Waals surface area (Å²) in [7, 11) is 0. The minimum atomic E-state index is 1.01. The lowest BCUT2D eigenvalue weighted by molar-refractivity contribution is 0.905. The molecule has 3 aromatic rings. The second kappa shape index (κ2) is 4.49. The summed E-state index contributed by atoms with van der Waals surface area (Å²) in [5.41, 5.74) is 3.23. The molecule has 2 nitrogen and oxygen atoms in total. The van der Waals surface area contributed by atoms with Crippen molar-refractivity contribution >= 4 is 17.0 Å². The van der Waals surface area contributed by atoms with E-state index in [4.69, 9.17) is 0 Å². The van der Waals surface area contributed by atoms with E-state index in [1.807, 2.05) is 54.1 Å². The number of hydrogen-bond donors (Lipinski definition) is 0. The zero-order valence-electron chi connectivity index (χ0n) is 10.2. The lowest BCUT2D eigenvalue weighted by Crippen LogP contribution is -1.95. The van der Waals surface area contributed by atoms with E-state index in [1.54, 1.807) is 0 Å². The van der Waals surface area contributed by atoms with E-state index in [-0.39, 0.29) is 0 Å². The first-order valence-corrected chi connectivity index (χ1v) is 6.06. The monoisotopic (exact) mass is 234 g/mol. The van der Waals surface area contributed by atoms with Gasteiger partial charge in [0.25, 0.3) is 0 Å². The summed E-state index contributed by atoms with van der Waals surface area (Å²) in [6.07, 6.45) is 4.06. The van der Waals surface area contributed by atoms with E-state index >= 15 is 0 Å². The minimum absolute atomic E-state index is 1.01. The molecule has 18 heavy (non-hydrogen) atoms. The van der Waals surface area contributed by atoms with Gasteiger partial charge in [-0.05, 0) is 31.2 Å². The molecular weight excluding hydrogens is 220 g/mol. The number of hydrogen-bond acceptors (Lipinski definition) is 1. The Morgan fingerprint density at radius 1 is 0.944 bits per heavy atom. The fraction of sp³-hybridized carbons (Fsp3) is 0.0625. The molecule has 0 aliphatic carbocycles. The average molecular weight is 234 g/mol. The van der Waals surface area contributed by atoms with E-state index in [2.05, 4.69) is 29.4 Å². The van der Waals surface area contributed by atoms with Crippen LogP contribution < -0.4 is 0 Å². The van der Waals surface area contributed by atoms with Gasteiger partial charge in [-0.3, -0.25) is 0 Å². The predicted molar refractivity (Wildman–Crippen MR) is 75.8 cm³/mol. The highest BCUT2D eigenvalue weighted by Crippen LogP contribution is 2.22. The first-order chi connectivity index (χ1) is 8.90. The van der Waals surface area contributed by atoms with Crippen LogP contribution in [0.2, 0.25) is 0 Å². The van der Waals surface area contributed by atoms with E-state index in [9.17, 15) is 0 Å². The molecule has 0 radical (unpaired) electrons. The number of fused-ring (bicyclic) bond motifs is 1. The normalized spacial score (nSPS) is 11.4. The molecule has 0 N–H and O–H groups in total. The molecule has 0 bridgehead atoms. The van der Waals surface area contributed by atoms with Crippen molar-refractivity contribution in [3.05, 3.63) is 66.4 Å². The van der Waals surface area contributed by atoms with E-state index in [1.165, 1.54) is 5.39 Å². The molecule has 0 aliphatic heterocycles. The first kappa shape index (κ1) is 10.8. The summed E-state index contributed by atoms with van der Waals surface area (Å²) in [5, 5.41) is 5.86. The summed E-state index contributed by atoms with van der Waals surface area (Å²) < 4.78 is 1.99. The lowest BCUT2D eigenvalue weighted by atomic mass is 10.2. The predicted octanol–water partition coefficient (Wildman–Crippen LogP) is 4.06. The number of para-hydroxylation sites is 2. The molecule has 3 rings (SSSR count). The van der Waals surface area contributed by atoms with Crippen LogP contribution >= 0.6 is 0 Å². The first-order valence-electron chi connectivity index (χ1n) is 6.06. The van der Waals surface area contributed by atoms with Gasteiger partial charge in [-0.15, -0.1) is 0 Å². The fourth-order valence-electron chi connectivity index (χ4n) is 2.14. The minimum Gasteiger partial charge on any atom is -0.232 e. The van der Waals surface area contributed by atoms with Gasteiger partial charge in [0.1, 0.15) is 0 Å². The van der Waals surface area contributed by atoms with Gasteiger partial charge in [0.2, 0.25) is 0 Å². The Balaban J connectivity index is 2.30. The van der Waals surface area contributed by atoms with Crippen molar-refractivity contribution in [3.8, 4) is 5.69 Å². The zero-order valence-corrected chi connectivity index (χ0v) is 10.2. The van der Waals surface area contributed by atoms with Crippen LogP contribution in [0.4, 0.5) is 0 Å². The van der Waals surface area contributed by atoms with E-state index < -0.39 is 0 Å². The Bertz CT molecular complexity index is 693. The van der Waals surface area contributed by atoms with Crippen LogP contribution in [0.5, 0.6) is 0 Å². The summed E-state index contributed by atoms with van der Waals surface area (Å²) in [5.74, 6) is 0. The highest BCUT2D eigenvalue weighted by atomic mass is 15.3. The molecule has 1 heterocycles. The lowest BCUT2D eigenvalue weighted by Gasteiger charge is -2.01. The van der Waals surface area contributed by atoms with Gasteiger partial charge in [0.15, 0.2) is 0 Å². The molecule has 0 atom stereocenters. The largest absolute Gasteiger partial charge is 0.232 e. The number of aromatic nitrogens is 2. The van der Waals surface area contributed by atoms with Gasteiger partial charge in [-0.1, -0.05) is 42.5 Å². The van der Waals surface area contributed by atoms with Crippen LogP contribution in [0.1, 0.15) is 12.6 Å². The van der Waals surface area contributed by atoms with Crippen molar-refractivity contribution in [1.29, 1.82) is 0 Å². The smallest absolute Gasteiger partial charge is 0.0930 e. The maximum atomic E-state index is 4.68. The van der Waals surface area contributed by atoms with Gasteiger partial charge < -0.3 is 0 Å². The summed E-state index contributed by atoms with van der Waals surface area (Å²) >= 11 is 0. The molecule has 2 aromatic carbocycles. The molecular formula is C16H14N2. The second-order valence-electron chi connectivity index (χ2n) is 4.15. The van der Waals surface area contributed by atoms with Crippen LogP contribution in [0.25, 0.3) is 22.7 Å². The molecule has 0 amide bonds. The summed E-state index contributed by atoms with van der Waals surface area (Å²) in [4.78, 5) is 0. The van der Waals surface area contributed by atoms with Crippen LogP contribution in [0.15, 0.2) is 60.7 Å². The number of nitrogens with zero attached hydrogens (tertiary/aromatic N) is 2. The fourth-order valence-corrected chi connectivity index (χ4v) is 2.14. The molecule has 0 fully saturated rings. The molecule has 88 valence electrons. The molecule has 0 aliphatic rings.